The van der Waals surface area contributed by atoms with Crippen LogP contribution < -0.4 is 0 Å². The molecule has 0 aliphatic rings. The molecule has 3 nitrogen and oxygen atoms in total. The molecule has 0 fully saturated rings. The van der Waals surface area contributed by atoms with Gasteiger partial charge in [0.15, 0.2) is 5.12 Å². The van der Waals surface area contributed by atoms with E-state index in [9.17, 15) is 9.59 Å². The van der Waals surface area contributed by atoms with E-state index >= 15 is 0 Å². The van der Waals surface area contributed by atoms with Crippen molar-refractivity contribution in [2.45, 2.75) is 32.6 Å². The van der Waals surface area contributed by atoms with E-state index in [-0.39, 0.29) is 11.5 Å². The summed E-state index contributed by atoms with van der Waals surface area (Å²) in [5, 5.41) is 8.69. The molecular weight excluding hydrogens is 272 g/mol. The number of aryl methyl sites for hydroxylation is 1. The van der Waals surface area contributed by atoms with Crippen LogP contribution in [0.15, 0.2) is 24.3 Å². The second kappa shape index (κ2) is 9.22. The molecule has 0 aliphatic heterocycles. The van der Waals surface area contributed by atoms with Gasteiger partial charge < -0.3 is 5.11 Å². The summed E-state index contributed by atoms with van der Waals surface area (Å²) in [5.74, 6) is 6.06. The molecule has 0 amide bonds. The van der Waals surface area contributed by atoms with Crippen molar-refractivity contribution in [1.29, 1.82) is 0 Å². The summed E-state index contributed by atoms with van der Waals surface area (Å²) in [6, 6.07) is 7.86. The Labute approximate surface area is 123 Å². The molecular formula is C16H18O3S. The summed E-state index contributed by atoms with van der Waals surface area (Å²) in [6.45, 7) is 1.56. The van der Waals surface area contributed by atoms with Gasteiger partial charge >= 0.3 is 5.97 Å². The van der Waals surface area contributed by atoms with E-state index in [4.69, 9.17) is 5.11 Å². The number of carboxylic acids is 1. The zero-order valence-corrected chi connectivity index (χ0v) is 12.3. The Morgan fingerprint density at radius 2 is 1.95 bits per heavy atom. The maximum atomic E-state index is 10.7. The fourth-order valence-electron chi connectivity index (χ4n) is 1.61. The summed E-state index contributed by atoms with van der Waals surface area (Å²) in [7, 11) is 0. The minimum absolute atomic E-state index is 0.123. The van der Waals surface area contributed by atoms with Crippen molar-refractivity contribution >= 4 is 22.8 Å². The molecule has 106 valence electrons. The third kappa shape index (κ3) is 7.65. The summed E-state index contributed by atoms with van der Waals surface area (Å²) >= 11 is 1.29. The van der Waals surface area contributed by atoms with Gasteiger partial charge in [0.05, 0.1) is 0 Å². The van der Waals surface area contributed by atoms with Crippen molar-refractivity contribution in [2.75, 3.05) is 5.75 Å². The van der Waals surface area contributed by atoms with E-state index in [1.54, 1.807) is 6.92 Å². The number of hydrogen-bond donors (Lipinski definition) is 1. The minimum Gasteiger partial charge on any atom is -0.481 e. The number of aliphatic carboxylic acids is 1. The average molecular weight is 290 g/mol. The van der Waals surface area contributed by atoms with E-state index in [1.165, 1.54) is 11.8 Å². The molecule has 1 aromatic carbocycles. The summed E-state index contributed by atoms with van der Waals surface area (Å²) < 4.78 is 0. The van der Waals surface area contributed by atoms with Crippen LogP contribution in [-0.4, -0.2) is 21.9 Å². The van der Waals surface area contributed by atoms with Crippen LogP contribution in [0.4, 0.5) is 0 Å². The number of carbonyl (C=O) groups is 2. The van der Waals surface area contributed by atoms with E-state index in [0.29, 0.717) is 12.8 Å². The molecule has 1 N–H and O–H groups in total. The fraction of sp³-hybridized carbons (Fsp3) is 0.375. The number of rotatable bonds is 6. The maximum absolute atomic E-state index is 10.7. The van der Waals surface area contributed by atoms with Gasteiger partial charge in [-0.2, -0.15) is 0 Å². The molecule has 0 aliphatic carbocycles. The molecule has 0 bridgehead atoms. The SMILES string of the molecule is CC(=O)SCCC#Cc1ccc(CCCC(=O)O)cc1. The average Bonchev–Trinajstić information content (AvgIpc) is 2.39. The standard InChI is InChI=1S/C16H18O3S/c1-13(17)20-12-3-2-5-14-8-10-15(11-9-14)6-4-7-16(18)19/h8-11H,3-4,6-7,12H2,1H3,(H,18,19). The molecule has 0 unspecified atom stereocenters. The molecule has 0 heterocycles. The van der Waals surface area contributed by atoms with Gasteiger partial charge in [-0.3, -0.25) is 9.59 Å². The summed E-state index contributed by atoms with van der Waals surface area (Å²) in [4.78, 5) is 21.1. The van der Waals surface area contributed by atoms with Gasteiger partial charge in [0, 0.05) is 31.1 Å². The highest BCUT2D eigenvalue weighted by molar-refractivity contribution is 8.13. The quantitative estimate of drug-likeness (QED) is 0.646. The van der Waals surface area contributed by atoms with Crippen molar-refractivity contribution < 1.29 is 14.7 Å². The van der Waals surface area contributed by atoms with E-state index in [1.807, 2.05) is 24.3 Å². The van der Waals surface area contributed by atoms with Crippen LogP contribution in [-0.2, 0) is 16.0 Å². The monoisotopic (exact) mass is 290 g/mol. The summed E-state index contributed by atoms with van der Waals surface area (Å²) in [5.41, 5.74) is 2.07. The number of thioether (sulfide) groups is 1. The lowest BCUT2D eigenvalue weighted by Gasteiger charge is -1.99. The van der Waals surface area contributed by atoms with Crippen molar-refractivity contribution in [3.8, 4) is 11.8 Å². The lowest BCUT2D eigenvalue weighted by atomic mass is 10.1. The van der Waals surface area contributed by atoms with Crippen LogP contribution in [0, 0.1) is 11.8 Å². The van der Waals surface area contributed by atoms with Gasteiger partial charge in [-0.15, -0.1) is 0 Å². The predicted octanol–water partition coefficient (Wildman–Crippen LogP) is 3.12. The zero-order valence-electron chi connectivity index (χ0n) is 11.5. The summed E-state index contributed by atoms with van der Waals surface area (Å²) in [6.07, 6.45) is 2.33. The third-order valence-corrected chi connectivity index (χ3v) is 3.39. The highest BCUT2D eigenvalue weighted by Crippen LogP contribution is 2.08. The lowest BCUT2D eigenvalue weighted by molar-refractivity contribution is -0.137. The highest BCUT2D eigenvalue weighted by atomic mass is 32.2. The Bertz CT molecular complexity index is 509. The van der Waals surface area contributed by atoms with Gasteiger partial charge in [-0.05, 0) is 30.5 Å². The first-order valence-corrected chi connectivity index (χ1v) is 7.49. The van der Waals surface area contributed by atoms with Crippen LogP contribution in [0.2, 0.25) is 0 Å². The molecule has 0 spiro atoms. The number of hydrogen-bond acceptors (Lipinski definition) is 3. The Morgan fingerprint density at radius 1 is 1.25 bits per heavy atom. The van der Waals surface area contributed by atoms with E-state index in [2.05, 4.69) is 11.8 Å². The van der Waals surface area contributed by atoms with Crippen molar-refractivity contribution in [1.82, 2.24) is 0 Å². The highest BCUT2D eigenvalue weighted by Gasteiger charge is 1.98. The number of benzene rings is 1. The van der Waals surface area contributed by atoms with Gasteiger partial charge in [0.2, 0.25) is 0 Å². The van der Waals surface area contributed by atoms with Crippen molar-refractivity contribution in [3.05, 3.63) is 35.4 Å². The number of carbonyl (C=O) groups excluding carboxylic acids is 1. The van der Waals surface area contributed by atoms with Crippen LogP contribution in [0.3, 0.4) is 0 Å². The zero-order chi connectivity index (χ0) is 14.8. The van der Waals surface area contributed by atoms with Crippen LogP contribution in [0.25, 0.3) is 0 Å². The van der Waals surface area contributed by atoms with Gasteiger partial charge in [-0.25, -0.2) is 0 Å². The molecule has 0 atom stereocenters. The van der Waals surface area contributed by atoms with Crippen molar-refractivity contribution in [2.24, 2.45) is 0 Å². The molecule has 0 saturated heterocycles. The van der Waals surface area contributed by atoms with Gasteiger partial charge in [0.1, 0.15) is 0 Å². The second-order valence-electron chi connectivity index (χ2n) is 4.34. The maximum Gasteiger partial charge on any atom is 0.303 e. The fourth-order valence-corrected chi connectivity index (χ4v) is 2.10. The first-order chi connectivity index (χ1) is 9.58. The van der Waals surface area contributed by atoms with Gasteiger partial charge in [0.25, 0.3) is 0 Å². The molecule has 20 heavy (non-hydrogen) atoms. The molecule has 0 saturated carbocycles. The van der Waals surface area contributed by atoms with Crippen LogP contribution in [0.1, 0.15) is 37.3 Å². The Balaban J connectivity index is 2.36. The predicted molar refractivity (Wildman–Crippen MR) is 81.6 cm³/mol. The van der Waals surface area contributed by atoms with Crippen LogP contribution in [0.5, 0.6) is 0 Å². The largest absolute Gasteiger partial charge is 0.481 e. The number of carboxylic acid groups (broad SMARTS) is 1. The first kappa shape index (κ1) is 16.3. The van der Waals surface area contributed by atoms with Crippen LogP contribution >= 0.6 is 11.8 Å². The molecule has 0 aromatic heterocycles. The molecule has 1 aromatic rings. The minimum atomic E-state index is -0.754. The Morgan fingerprint density at radius 3 is 2.55 bits per heavy atom. The van der Waals surface area contributed by atoms with Gasteiger partial charge in [-0.1, -0.05) is 35.7 Å². The Hall–Kier alpha value is -1.73. The second-order valence-corrected chi connectivity index (χ2v) is 5.61. The molecule has 0 radical (unpaired) electrons. The lowest BCUT2D eigenvalue weighted by Crippen LogP contribution is -1.95. The third-order valence-electron chi connectivity index (χ3n) is 2.58. The topological polar surface area (TPSA) is 54.4 Å². The smallest absolute Gasteiger partial charge is 0.303 e. The van der Waals surface area contributed by atoms with E-state index in [0.717, 1.165) is 23.3 Å². The first-order valence-electron chi connectivity index (χ1n) is 6.51. The van der Waals surface area contributed by atoms with Crippen molar-refractivity contribution in [3.63, 3.8) is 0 Å². The Kier molecular flexibility index (Phi) is 7.52. The normalized spacial score (nSPS) is 9.65. The van der Waals surface area contributed by atoms with E-state index < -0.39 is 5.97 Å². The molecule has 1 rings (SSSR count). The molecule has 4 heteroatoms.